The van der Waals surface area contributed by atoms with Gasteiger partial charge >= 0.3 is 0 Å². The minimum atomic E-state index is -0.779. The van der Waals surface area contributed by atoms with Crippen LogP contribution < -0.4 is 11.3 Å². The maximum Gasteiger partial charge on any atom is 0.133 e. The number of hydrogen-bond donors (Lipinski definition) is 2. The van der Waals surface area contributed by atoms with Crippen molar-refractivity contribution < 1.29 is 13.5 Å². The van der Waals surface area contributed by atoms with Gasteiger partial charge in [0.1, 0.15) is 11.6 Å². The maximum absolute atomic E-state index is 14.2. The Balaban J connectivity index is 3.34. The molecule has 1 aromatic rings. The summed E-state index contributed by atoms with van der Waals surface area (Å²) in [7, 11) is 0. The van der Waals surface area contributed by atoms with Crippen LogP contribution in [-0.2, 0) is 4.74 Å². The van der Waals surface area contributed by atoms with E-state index >= 15 is 0 Å². The molecule has 0 heterocycles. The Labute approximate surface area is 113 Å². The number of halogens is 2. The van der Waals surface area contributed by atoms with Gasteiger partial charge in [-0.2, -0.15) is 0 Å². The van der Waals surface area contributed by atoms with E-state index < -0.39 is 23.3 Å². The number of aryl methyl sites for hydroxylation is 1. The molecule has 0 saturated heterocycles. The number of hydrazine groups is 1. The molecule has 1 aromatic carbocycles. The fraction of sp³-hybridized carbons (Fsp3) is 0.571. The van der Waals surface area contributed by atoms with Crippen LogP contribution in [-0.4, -0.2) is 12.2 Å². The van der Waals surface area contributed by atoms with Crippen LogP contribution in [0.25, 0.3) is 0 Å². The Kier molecular flexibility index (Phi) is 5.40. The average molecular weight is 272 g/mol. The lowest BCUT2D eigenvalue weighted by Gasteiger charge is -2.37. The fourth-order valence-electron chi connectivity index (χ4n) is 2.23. The van der Waals surface area contributed by atoms with Crippen LogP contribution in [0.4, 0.5) is 8.78 Å². The van der Waals surface area contributed by atoms with Crippen molar-refractivity contribution in [3.63, 3.8) is 0 Å². The van der Waals surface area contributed by atoms with Crippen molar-refractivity contribution in [1.82, 2.24) is 5.43 Å². The summed E-state index contributed by atoms with van der Waals surface area (Å²) in [6.45, 7) is 7.56. The van der Waals surface area contributed by atoms with Crippen LogP contribution in [0.2, 0.25) is 0 Å². The van der Waals surface area contributed by atoms with Gasteiger partial charge in [0.25, 0.3) is 0 Å². The Morgan fingerprint density at radius 3 is 2.47 bits per heavy atom. The molecule has 0 aliphatic carbocycles. The molecule has 19 heavy (non-hydrogen) atoms. The molecule has 0 amide bonds. The Morgan fingerprint density at radius 2 is 2.00 bits per heavy atom. The second-order valence-electron chi connectivity index (χ2n) is 4.79. The lowest BCUT2D eigenvalue weighted by molar-refractivity contribution is -0.0579. The highest BCUT2D eigenvalue weighted by Gasteiger charge is 2.37. The summed E-state index contributed by atoms with van der Waals surface area (Å²) in [4.78, 5) is 0. The van der Waals surface area contributed by atoms with Crippen molar-refractivity contribution in [2.24, 2.45) is 5.84 Å². The van der Waals surface area contributed by atoms with E-state index in [2.05, 4.69) is 5.43 Å². The molecular formula is C14H22F2N2O. The number of hydrogen-bond acceptors (Lipinski definition) is 3. The molecule has 3 nitrogen and oxygen atoms in total. The van der Waals surface area contributed by atoms with Crippen LogP contribution in [0.1, 0.15) is 44.4 Å². The van der Waals surface area contributed by atoms with Gasteiger partial charge in [0.2, 0.25) is 0 Å². The predicted molar refractivity (Wildman–Crippen MR) is 71.5 cm³/mol. The van der Waals surface area contributed by atoms with E-state index in [0.29, 0.717) is 18.6 Å². The van der Waals surface area contributed by atoms with E-state index in [1.165, 1.54) is 12.1 Å². The first kappa shape index (κ1) is 16.0. The summed E-state index contributed by atoms with van der Waals surface area (Å²) >= 11 is 0. The van der Waals surface area contributed by atoms with E-state index in [4.69, 9.17) is 10.6 Å². The third-order valence-corrected chi connectivity index (χ3v) is 3.56. The fourth-order valence-corrected chi connectivity index (χ4v) is 2.23. The molecule has 2 atom stereocenters. The van der Waals surface area contributed by atoms with Crippen molar-refractivity contribution in [2.75, 3.05) is 6.61 Å². The van der Waals surface area contributed by atoms with Gasteiger partial charge in [0, 0.05) is 12.2 Å². The normalized spacial score (nSPS) is 16.2. The molecule has 0 spiro atoms. The molecule has 0 radical (unpaired) electrons. The third kappa shape index (κ3) is 3.11. The molecule has 3 N–H and O–H groups in total. The van der Waals surface area contributed by atoms with Crippen LogP contribution >= 0.6 is 0 Å². The van der Waals surface area contributed by atoms with E-state index in [-0.39, 0.29) is 5.56 Å². The van der Waals surface area contributed by atoms with Gasteiger partial charge in [-0.1, -0.05) is 13.0 Å². The zero-order valence-electron chi connectivity index (χ0n) is 11.9. The van der Waals surface area contributed by atoms with E-state index in [0.717, 1.165) is 0 Å². The zero-order valence-corrected chi connectivity index (χ0v) is 11.9. The van der Waals surface area contributed by atoms with Crippen molar-refractivity contribution in [1.29, 1.82) is 0 Å². The largest absolute Gasteiger partial charge is 0.374 e. The average Bonchev–Trinajstić information content (AvgIpc) is 2.39. The van der Waals surface area contributed by atoms with Crippen molar-refractivity contribution in [3.05, 3.63) is 34.9 Å². The second kappa shape index (κ2) is 6.41. The molecule has 1 rings (SSSR count). The van der Waals surface area contributed by atoms with Crippen LogP contribution in [0.3, 0.4) is 0 Å². The molecule has 0 saturated carbocycles. The van der Waals surface area contributed by atoms with Gasteiger partial charge in [0.15, 0.2) is 0 Å². The molecule has 2 unspecified atom stereocenters. The minimum Gasteiger partial charge on any atom is -0.374 e. The SMILES string of the molecule is CCOC(C)(CC)C(NN)c1c(F)ccc(C)c1F. The van der Waals surface area contributed by atoms with Gasteiger partial charge in [-0.15, -0.1) is 0 Å². The summed E-state index contributed by atoms with van der Waals surface area (Å²) in [5, 5.41) is 0. The third-order valence-electron chi connectivity index (χ3n) is 3.56. The first-order valence-corrected chi connectivity index (χ1v) is 6.45. The lowest BCUT2D eigenvalue weighted by Crippen LogP contribution is -2.47. The van der Waals surface area contributed by atoms with Gasteiger partial charge in [0.05, 0.1) is 11.6 Å². The highest BCUT2D eigenvalue weighted by Crippen LogP contribution is 2.35. The smallest absolute Gasteiger partial charge is 0.133 e. The predicted octanol–water partition coefficient (Wildman–Crippen LogP) is 2.98. The quantitative estimate of drug-likeness (QED) is 0.618. The van der Waals surface area contributed by atoms with Crippen LogP contribution in [0.5, 0.6) is 0 Å². The first-order valence-electron chi connectivity index (χ1n) is 6.45. The summed E-state index contributed by atoms with van der Waals surface area (Å²) in [5.74, 6) is 4.32. The van der Waals surface area contributed by atoms with Crippen LogP contribution in [0, 0.1) is 18.6 Å². The van der Waals surface area contributed by atoms with Crippen molar-refractivity contribution in [2.45, 2.75) is 45.8 Å². The van der Waals surface area contributed by atoms with Gasteiger partial charge in [-0.25, -0.2) is 14.2 Å². The van der Waals surface area contributed by atoms with E-state index in [9.17, 15) is 8.78 Å². The number of nitrogens with two attached hydrogens (primary N) is 1. The highest BCUT2D eigenvalue weighted by molar-refractivity contribution is 5.31. The minimum absolute atomic E-state index is 0.0692. The Hall–Kier alpha value is -1.04. The Morgan fingerprint density at radius 1 is 1.37 bits per heavy atom. The van der Waals surface area contributed by atoms with Gasteiger partial charge in [-0.3, -0.25) is 5.84 Å². The number of rotatable bonds is 6. The lowest BCUT2D eigenvalue weighted by atomic mass is 9.86. The number of benzene rings is 1. The standard InChI is InChI=1S/C14H22F2N2O/c1-5-14(4,19-6-2)13(18-17)11-10(15)8-7-9(3)12(11)16/h7-8,13,18H,5-6,17H2,1-4H3. The van der Waals surface area contributed by atoms with Crippen LogP contribution in [0.15, 0.2) is 12.1 Å². The summed E-state index contributed by atoms with van der Waals surface area (Å²) in [6, 6.07) is 1.91. The molecule has 5 heteroatoms. The second-order valence-corrected chi connectivity index (χ2v) is 4.79. The maximum atomic E-state index is 14.2. The molecular weight excluding hydrogens is 250 g/mol. The summed E-state index contributed by atoms with van der Waals surface area (Å²) < 4.78 is 33.9. The van der Waals surface area contributed by atoms with E-state index in [1.807, 2.05) is 13.8 Å². The topological polar surface area (TPSA) is 47.3 Å². The zero-order chi connectivity index (χ0) is 14.6. The molecule has 0 fully saturated rings. The molecule has 0 aliphatic heterocycles. The van der Waals surface area contributed by atoms with Gasteiger partial charge < -0.3 is 4.74 Å². The van der Waals surface area contributed by atoms with E-state index in [1.54, 1.807) is 13.8 Å². The molecule has 0 aliphatic rings. The summed E-state index contributed by atoms with van der Waals surface area (Å²) in [6.07, 6.45) is 0.572. The highest BCUT2D eigenvalue weighted by atomic mass is 19.1. The first-order chi connectivity index (χ1) is 8.91. The van der Waals surface area contributed by atoms with Crippen molar-refractivity contribution >= 4 is 0 Å². The number of ether oxygens (including phenoxy) is 1. The number of nitrogens with one attached hydrogen (secondary N) is 1. The Bertz CT molecular complexity index is 440. The molecule has 0 aromatic heterocycles. The monoisotopic (exact) mass is 272 g/mol. The van der Waals surface area contributed by atoms with Gasteiger partial charge in [-0.05, 0) is 38.8 Å². The van der Waals surface area contributed by atoms with Crippen molar-refractivity contribution in [3.8, 4) is 0 Å². The molecule has 108 valence electrons. The molecule has 0 bridgehead atoms. The summed E-state index contributed by atoms with van der Waals surface area (Å²) in [5.41, 5.74) is 2.03.